The molecule has 6 amide bonds. The molecule has 0 aromatic rings. The molecule has 0 aliphatic carbocycles. The summed E-state index contributed by atoms with van der Waals surface area (Å²) in [5, 5.41) is 8.32. The van der Waals surface area contributed by atoms with E-state index in [0.717, 1.165) is 12.8 Å². The molecule has 0 heterocycles. The molecule has 8 atom stereocenters. The molecule has 0 spiro atoms. The second-order valence-electron chi connectivity index (χ2n) is 14.0. The number of terminal acetylenes is 1. The number of nitrogens with one attached hydrogen (secondary N) is 3. The van der Waals surface area contributed by atoms with E-state index >= 15 is 0 Å². The van der Waals surface area contributed by atoms with Crippen molar-refractivity contribution in [2.24, 2.45) is 35.3 Å². The number of likely N-dealkylation sites (N-methyl/N-ethyl adjacent to an activating group) is 2. The molecule has 0 saturated heterocycles. The quantitative estimate of drug-likeness (QED) is 0.108. The molecule has 0 unspecified atom stereocenters. The zero-order chi connectivity index (χ0) is 37.5. The number of amides is 6. The van der Waals surface area contributed by atoms with E-state index in [4.69, 9.17) is 12.2 Å². The standard InChI is InChI=1S/C36H64N6O6/c1-14-17-18-19-20-25(10)35(47)41(12)29(22(6)7)33(45)39-27(21(4)5)32(44)40-28(23(8)15-2)36(48)42(13)30(24(9)16-3)34(46)38-26(11)31(37)43/h1,21-30H,15-20H2,2-13H3,(H2,37,43)(H,38,46)(H,39,45)(H,40,44)/t23-,24-,25+,26-,27-,28-,29-,30-/m0/s1. The highest BCUT2D eigenvalue weighted by Crippen LogP contribution is 2.20. The maximum absolute atomic E-state index is 14.0. The molecule has 48 heavy (non-hydrogen) atoms. The molecule has 0 aliphatic rings. The number of nitrogens with zero attached hydrogens (tertiary/aromatic N) is 2. The highest BCUT2D eigenvalue weighted by molar-refractivity contribution is 5.96. The van der Waals surface area contributed by atoms with Crippen LogP contribution in [0.2, 0.25) is 0 Å². The van der Waals surface area contributed by atoms with Gasteiger partial charge in [0.05, 0.1) is 0 Å². The number of primary amides is 1. The zero-order valence-corrected chi connectivity index (χ0v) is 31.5. The van der Waals surface area contributed by atoms with E-state index in [9.17, 15) is 28.8 Å². The minimum absolute atomic E-state index is 0.161. The lowest BCUT2D eigenvalue weighted by atomic mass is 9.92. The minimum Gasteiger partial charge on any atom is -0.368 e. The summed E-state index contributed by atoms with van der Waals surface area (Å²) in [6.07, 6.45) is 9.38. The molecule has 12 heteroatoms. The lowest BCUT2D eigenvalue weighted by Crippen LogP contribution is -2.62. The van der Waals surface area contributed by atoms with Crippen LogP contribution in [0.1, 0.15) is 108 Å². The molecule has 0 aromatic carbocycles. The first-order valence-electron chi connectivity index (χ1n) is 17.5. The molecule has 274 valence electrons. The summed E-state index contributed by atoms with van der Waals surface area (Å²) in [4.78, 5) is 82.6. The van der Waals surface area contributed by atoms with E-state index in [0.29, 0.717) is 25.7 Å². The number of hydrogen-bond donors (Lipinski definition) is 4. The number of unbranched alkanes of at least 4 members (excludes halogenated alkanes) is 2. The van der Waals surface area contributed by atoms with Crippen molar-refractivity contribution in [3.05, 3.63) is 0 Å². The summed E-state index contributed by atoms with van der Waals surface area (Å²) in [5.74, 6) is -1.74. The van der Waals surface area contributed by atoms with E-state index in [2.05, 4.69) is 21.9 Å². The third-order valence-electron chi connectivity index (χ3n) is 9.32. The van der Waals surface area contributed by atoms with Gasteiger partial charge in [0.2, 0.25) is 35.4 Å². The average molecular weight is 677 g/mol. The molecule has 0 saturated carbocycles. The number of nitrogens with two attached hydrogens (primary N) is 1. The van der Waals surface area contributed by atoms with Crippen LogP contribution < -0.4 is 21.7 Å². The van der Waals surface area contributed by atoms with Gasteiger partial charge in [-0.25, -0.2) is 0 Å². The lowest BCUT2D eigenvalue weighted by Gasteiger charge is -2.37. The highest BCUT2D eigenvalue weighted by atomic mass is 16.2. The van der Waals surface area contributed by atoms with E-state index in [1.165, 1.54) is 23.8 Å². The summed E-state index contributed by atoms with van der Waals surface area (Å²) in [6.45, 7) is 18.0. The van der Waals surface area contributed by atoms with Gasteiger partial charge < -0.3 is 31.5 Å². The molecule has 0 bridgehead atoms. The number of hydrogen-bond acceptors (Lipinski definition) is 6. The zero-order valence-electron chi connectivity index (χ0n) is 31.5. The second-order valence-corrected chi connectivity index (χ2v) is 14.0. The third-order valence-corrected chi connectivity index (χ3v) is 9.32. The van der Waals surface area contributed by atoms with Crippen LogP contribution in [0, 0.1) is 41.9 Å². The Morgan fingerprint density at radius 1 is 0.667 bits per heavy atom. The monoisotopic (exact) mass is 676 g/mol. The molecule has 0 aromatic heterocycles. The van der Waals surface area contributed by atoms with Gasteiger partial charge in [-0.1, -0.05) is 81.6 Å². The fraction of sp³-hybridized carbons (Fsp3) is 0.778. The van der Waals surface area contributed by atoms with Crippen LogP contribution in [0.4, 0.5) is 0 Å². The van der Waals surface area contributed by atoms with Gasteiger partial charge >= 0.3 is 0 Å². The van der Waals surface area contributed by atoms with Crippen molar-refractivity contribution in [3.8, 4) is 12.3 Å². The molecule has 12 nitrogen and oxygen atoms in total. The lowest BCUT2D eigenvalue weighted by molar-refractivity contribution is -0.146. The molecule has 5 N–H and O–H groups in total. The Morgan fingerprint density at radius 3 is 1.62 bits per heavy atom. The summed E-state index contributed by atoms with van der Waals surface area (Å²) in [7, 11) is 3.11. The summed E-state index contributed by atoms with van der Waals surface area (Å²) in [5.41, 5.74) is 5.35. The van der Waals surface area contributed by atoms with Gasteiger partial charge in [0.25, 0.3) is 0 Å². The van der Waals surface area contributed by atoms with E-state index in [1.807, 2.05) is 48.5 Å². The van der Waals surface area contributed by atoms with Crippen molar-refractivity contribution in [1.29, 1.82) is 0 Å². The molecule has 0 aliphatic heterocycles. The van der Waals surface area contributed by atoms with Gasteiger partial charge in [0, 0.05) is 26.4 Å². The number of carbonyl (C=O) groups is 6. The predicted molar refractivity (Wildman–Crippen MR) is 189 cm³/mol. The van der Waals surface area contributed by atoms with Gasteiger partial charge in [-0.2, -0.15) is 0 Å². The summed E-state index contributed by atoms with van der Waals surface area (Å²) in [6, 6.07) is -4.68. The van der Waals surface area contributed by atoms with Crippen LogP contribution in [-0.4, -0.2) is 89.5 Å². The Hall–Kier alpha value is -3.62. The van der Waals surface area contributed by atoms with Gasteiger partial charge in [0.1, 0.15) is 30.2 Å². The highest BCUT2D eigenvalue weighted by Gasteiger charge is 2.40. The minimum atomic E-state index is -1.00. The first-order chi connectivity index (χ1) is 22.3. The van der Waals surface area contributed by atoms with Crippen molar-refractivity contribution in [2.45, 2.75) is 138 Å². The van der Waals surface area contributed by atoms with Crippen LogP contribution in [0.5, 0.6) is 0 Å². The predicted octanol–water partition coefficient (Wildman–Crippen LogP) is 2.83. The third kappa shape index (κ3) is 13.1. The van der Waals surface area contributed by atoms with Gasteiger partial charge in [-0.3, -0.25) is 28.8 Å². The number of rotatable bonds is 21. The Bertz CT molecular complexity index is 1130. The fourth-order valence-corrected chi connectivity index (χ4v) is 5.68. The maximum atomic E-state index is 14.0. The Balaban J connectivity index is 6.17. The topological polar surface area (TPSA) is 171 Å². The van der Waals surface area contributed by atoms with Crippen LogP contribution in [-0.2, 0) is 28.8 Å². The van der Waals surface area contributed by atoms with E-state index in [-0.39, 0.29) is 35.5 Å². The van der Waals surface area contributed by atoms with Crippen LogP contribution in [0.3, 0.4) is 0 Å². The van der Waals surface area contributed by atoms with Crippen molar-refractivity contribution in [3.63, 3.8) is 0 Å². The fourth-order valence-electron chi connectivity index (χ4n) is 5.68. The van der Waals surface area contributed by atoms with E-state index in [1.54, 1.807) is 20.9 Å². The first kappa shape index (κ1) is 44.4. The Kier molecular flexibility index (Phi) is 19.8. The van der Waals surface area contributed by atoms with Crippen LogP contribution in [0.25, 0.3) is 0 Å². The van der Waals surface area contributed by atoms with E-state index < -0.39 is 59.7 Å². The molecular weight excluding hydrogens is 612 g/mol. The first-order valence-corrected chi connectivity index (χ1v) is 17.5. The maximum Gasteiger partial charge on any atom is 0.245 e. The largest absolute Gasteiger partial charge is 0.368 e. The summed E-state index contributed by atoms with van der Waals surface area (Å²) < 4.78 is 0. The van der Waals surface area contributed by atoms with Gasteiger partial charge in [-0.05, 0) is 43.4 Å². The average Bonchev–Trinajstić information content (AvgIpc) is 3.02. The molecule has 0 rings (SSSR count). The SMILES string of the molecule is C#CCCCC[C@@H](C)C(=O)N(C)[C@H](C(=O)N[C@H](C(=O)N[C@H](C(=O)N(C)[C@H](C(=O)N[C@@H](C)C(N)=O)[C@@H](C)CC)[C@@H](C)CC)C(C)C)C(C)C. The van der Waals surface area contributed by atoms with Crippen molar-refractivity contribution in [2.75, 3.05) is 14.1 Å². The van der Waals surface area contributed by atoms with Gasteiger partial charge in [-0.15, -0.1) is 12.3 Å². The molecular formula is C36H64N6O6. The Labute approximate surface area is 289 Å². The second kappa shape index (κ2) is 21.4. The van der Waals surface area contributed by atoms with Gasteiger partial charge in [0.15, 0.2) is 0 Å². The molecule has 0 fully saturated rings. The van der Waals surface area contributed by atoms with Crippen LogP contribution in [0.15, 0.2) is 0 Å². The van der Waals surface area contributed by atoms with Crippen molar-refractivity contribution < 1.29 is 28.8 Å². The normalized spacial score (nSPS) is 16.3. The smallest absolute Gasteiger partial charge is 0.245 e. The van der Waals surface area contributed by atoms with Crippen molar-refractivity contribution >= 4 is 35.4 Å². The summed E-state index contributed by atoms with van der Waals surface area (Å²) >= 11 is 0. The van der Waals surface area contributed by atoms with Crippen molar-refractivity contribution in [1.82, 2.24) is 25.8 Å². The Morgan fingerprint density at radius 2 is 1.17 bits per heavy atom. The number of carbonyl (C=O) groups excluding carboxylic acids is 6. The molecule has 0 radical (unpaired) electrons. The van der Waals surface area contributed by atoms with Crippen LogP contribution >= 0.6 is 0 Å².